The third-order valence-electron chi connectivity index (χ3n) is 24.3. The van der Waals surface area contributed by atoms with Gasteiger partial charge in [-0.25, -0.2) is 4.57 Å². The molecule has 0 aromatic heterocycles. The molecule has 0 bridgehead atoms. The standard InChI is InChI=1S/C96H181N2O16P/c1-7-13-19-25-31-37-40-46-52-58-64-72-90(102)109-83(69-61-55-49-43-34-28-22-16-10-4)78-88(100)97-94-86(76-75-82-68-67-77-98(82)89(101)79-84(70-62-56-50-44-35-29-23-17-11-5)110-91(103)73-65-59-53-47-41-38-32-26-20-14-8-2)112-87(81-99)95(114-115(106,107)108)96(94)113-93(105)80-85(71-63-57-51-45-36-30-24-18-12-6)111-92(104)74-66-60-54-48-42-39-33-27-21-15-9-3/h82-87,94-96,99H,7-81H2,1-6H3,(H,97,100)(H2,106,107,108)/t82-,83+,84+,85+,86-,87?,94?,95+,96+/m0/s1. The van der Waals surface area contributed by atoms with Gasteiger partial charge in [0.1, 0.15) is 30.5 Å². The van der Waals surface area contributed by atoms with Gasteiger partial charge in [-0.2, -0.15) is 0 Å². The normalized spacial score (nSPS) is 17.9. The van der Waals surface area contributed by atoms with Crippen molar-refractivity contribution in [2.75, 3.05) is 13.2 Å². The summed E-state index contributed by atoms with van der Waals surface area (Å²) in [6, 6.07) is -1.66. The van der Waals surface area contributed by atoms with Crippen LogP contribution in [0.4, 0.5) is 0 Å². The van der Waals surface area contributed by atoms with E-state index in [1.165, 1.54) is 218 Å². The fraction of sp³-hybridized carbons (Fsp3) is 0.938. The van der Waals surface area contributed by atoms with Crippen LogP contribution in [0.2, 0.25) is 0 Å². The summed E-state index contributed by atoms with van der Waals surface area (Å²) in [6.45, 7) is 13.0. The van der Waals surface area contributed by atoms with Gasteiger partial charge in [0.05, 0.1) is 38.0 Å². The smallest absolute Gasteiger partial charge is 0.462 e. The monoisotopic (exact) mass is 1650 g/mol. The van der Waals surface area contributed by atoms with Crippen molar-refractivity contribution in [2.45, 2.75) is 565 Å². The predicted molar refractivity (Wildman–Crippen MR) is 471 cm³/mol. The van der Waals surface area contributed by atoms with E-state index in [-0.39, 0.29) is 62.4 Å². The first-order chi connectivity index (χ1) is 56.0. The second kappa shape index (κ2) is 75.8. The maximum absolute atomic E-state index is 15.1. The quantitative estimate of drug-likeness (QED) is 0.0191. The summed E-state index contributed by atoms with van der Waals surface area (Å²) in [5, 5.41) is 14.3. The number of carbonyl (C=O) groups excluding carboxylic acids is 6. The molecule has 0 spiro atoms. The van der Waals surface area contributed by atoms with E-state index in [2.05, 4.69) is 46.9 Å². The number of aliphatic hydroxyl groups is 1. The number of rotatable bonds is 83. The third kappa shape index (κ3) is 60.9. The number of esters is 4. The van der Waals surface area contributed by atoms with Crippen LogP contribution in [0, 0.1) is 0 Å². The Hall–Kier alpha value is -3.15. The molecule has 2 aliphatic heterocycles. The minimum absolute atomic E-state index is 0.0427. The van der Waals surface area contributed by atoms with Crippen LogP contribution in [0.5, 0.6) is 0 Å². The van der Waals surface area contributed by atoms with Gasteiger partial charge in [-0.1, -0.05) is 388 Å². The number of hydrogen-bond donors (Lipinski definition) is 4. The van der Waals surface area contributed by atoms with E-state index in [4.69, 9.17) is 28.2 Å². The van der Waals surface area contributed by atoms with E-state index in [1.54, 1.807) is 0 Å². The Bertz CT molecular complexity index is 2360. The number of hydrogen-bond acceptors (Lipinski definition) is 14. The van der Waals surface area contributed by atoms with Gasteiger partial charge >= 0.3 is 31.7 Å². The molecule has 19 heteroatoms. The Morgan fingerprint density at radius 3 is 0.983 bits per heavy atom. The number of aliphatic hydroxyl groups excluding tert-OH is 1. The van der Waals surface area contributed by atoms with E-state index >= 15 is 4.79 Å². The lowest BCUT2D eigenvalue weighted by Crippen LogP contribution is -2.66. The van der Waals surface area contributed by atoms with Crippen molar-refractivity contribution in [3.8, 4) is 0 Å². The van der Waals surface area contributed by atoms with Crippen molar-refractivity contribution in [2.24, 2.45) is 0 Å². The zero-order valence-corrected chi connectivity index (χ0v) is 76.2. The molecule has 115 heavy (non-hydrogen) atoms. The molecule has 2 fully saturated rings. The van der Waals surface area contributed by atoms with Crippen molar-refractivity contribution >= 4 is 43.5 Å². The summed E-state index contributed by atoms with van der Waals surface area (Å²) in [5.41, 5.74) is 0. The van der Waals surface area contributed by atoms with E-state index in [0.29, 0.717) is 77.2 Å². The van der Waals surface area contributed by atoms with Crippen molar-refractivity contribution in [3.63, 3.8) is 0 Å². The predicted octanol–water partition coefficient (Wildman–Crippen LogP) is 26.2. The van der Waals surface area contributed by atoms with E-state index in [0.717, 1.165) is 141 Å². The highest BCUT2D eigenvalue weighted by atomic mass is 31.2. The summed E-state index contributed by atoms with van der Waals surface area (Å²) in [6.07, 6.45) is 62.2. The van der Waals surface area contributed by atoms with Gasteiger partial charge in [-0.05, 0) is 83.5 Å². The molecule has 4 N–H and O–H groups in total. The summed E-state index contributed by atoms with van der Waals surface area (Å²) in [7, 11) is -5.45. The summed E-state index contributed by atoms with van der Waals surface area (Å²) >= 11 is 0. The number of carbonyl (C=O) groups is 6. The van der Waals surface area contributed by atoms with Crippen LogP contribution < -0.4 is 5.32 Å². The molecule has 2 heterocycles. The Morgan fingerprint density at radius 2 is 0.670 bits per heavy atom. The molecule has 0 aliphatic carbocycles. The number of nitrogens with one attached hydrogen (secondary N) is 1. The molecule has 0 radical (unpaired) electrons. The second-order valence-corrected chi connectivity index (χ2v) is 36.3. The minimum atomic E-state index is -5.45. The molecular formula is C96H181N2O16P. The lowest BCUT2D eigenvalue weighted by Gasteiger charge is -2.46. The molecule has 2 unspecified atom stereocenters. The number of nitrogens with zero attached hydrogens (tertiary/aromatic N) is 1. The summed E-state index contributed by atoms with van der Waals surface area (Å²) < 4.78 is 50.5. The maximum Gasteiger partial charge on any atom is 0.470 e. The van der Waals surface area contributed by atoms with Crippen LogP contribution in [0.15, 0.2) is 0 Å². The Labute approximate surface area is 704 Å². The molecular weight excluding hydrogens is 1470 g/mol. The Kier molecular flexibility index (Phi) is 71.1. The molecule has 9 atom stereocenters. The molecule has 0 saturated carbocycles. The Balaban J connectivity index is 2.60. The SMILES string of the molecule is CCCCCCCCCCCCCC(=O)O[C@H](CCCCCCCCCCC)CC(=O)NC1[C@H](CC[C@@H]2CCCN2C(=O)C[C@@H](CCCCCCCCCCC)OC(=O)CCCCCCCCCCCCC)OC(CO)[C@@H](OP(=O)(O)O)[C@@H]1OC(=O)C[C@@H](CCCCCCCCCCC)OC(=O)CCCCCCCCCCCCC. The number of likely N-dealkylation sites (tertiary alicyclic amines) is 1. The highest BCUT2D eigenvalue weighted by molar-refractivity contribution is 7.46. The fourth-order valence-electron chi connectivity index (χ4n) is 17.2. The lowest BCUT2D eigenvalue weighted by molar-refractivity contribution is -0.210. The van der Waals surface area contributed by atoms with Crippen LogP contribution in [-0.4, -0.2) is 123 Å². The first kappa shape index (κ1) is 108. The third-order valence-corrected chi connectivity index (χ3v) is 24.8. The molecule has 2 saturated heterocycles. The molecule has 2 aliphatic rings. The zero-order valence-electron chi connectivity index (χ0n) is 75.3. The van der Waals surface area contributed by atoms with Crippen LogP contribution >= 0.6 is 7.82 Å². The van der Waals surface area contributed by atoms with Crippen LogP contribution in [0.3, 0.4) is 0 Å². The summed E-state index contributed by atoms with van der Waals surface area (Å²) in [4.78, 5) is 109. The van der Waals surface area contributed by atoms with Gasteiger partial charge < -0.3 is 48.8 Å². The average molecular weight is 1650 g/mol. The van der Waals surface area contributed by atoms with Gasteiger partial charge in [-0.15, -0.1) is 0 Å². The maximum atomic E-state index is 15.1. The number of unbranched alkanes of at least 4 members (excludes halogenated alkanes) is 54. The van der Waals surface area contributed by atoms with Crippen LogP contribution in [0.1, 0.15) is 510 Å². The first-order valence-electron chi connectivity index (χ1n) is 49.4. The van der Waals surface area contributed by atoms with Crippen molar-refractivity contribution in [3.05, 3.63) is 0 Å². The van der Waals surface area contributed by atoms with Gasteiger partial charge in [0.25, 0.3) is 0 Å². The number of phosphoric ester groups is 1. The number of phosphoric acid groups is 1. The molecule has 676 valence electrons. The number of ether oxygens (including phenoxy) is 5. The lowest BCUT2D eigenvalue weighted by atomic mass is 9.88. The summed E-state index contributed by atoms with van der Waals surface area (Å²) in [5.74, 6) is -2.61. The van der Waals surface area contributed by atoms with Gasteiger partial charge in [0.15, 0.2) is 6.10 Å². The van der Waals surface area contributed by atoms with Crippen molar-refractivity contribution < 1.29 is 76.4 Å². The zero-order chi connectivity index (χ0) is 83.7. The Morgan fingerprint density at radius 1 is 0.374 bits per heavy atom. The van der Waals surface area contributed by atoms with E-state index < -0.39 is 81.0 Å². The van der Waals surface area contributed by atoms with E-state index in [9.17, 15) is 43.4 Å². The molecule has 0 aromatic rings. The topological polar surface area (TPSA) is 251 Å². The highest BCUT2D eigenvalue weighted by Gasteiger charge is 2.52. The van der Waals surface area contributed by atoms with Gasteiger partial charge in [0.2, 0.25) is 11.8 Å². The second-order valence-electron chi connectivity index (χ2n) is 35.1. The largest absolute Gasteiger partial charge is 0.470 e. The van der Waals surface area contributed by atoms with Crippen molar-refractivity contribution in [1.29, 1.82) is 0 Å². The van der Waals surface area contributed by atoms with Gasteiger partial charge in [0, 0.05) is 31.8 Å². The molecule has 0 aromatic carbocycles. The molecule has 2 amide bonds. The molecule has 2 rings (SSSR count). The minimum Gasteiger partial charge on any atom is -0.462 e. The first-order valence-corrected chi connectivity index (χ1v) is 50.9. The van der Waals surface area contributed by atoms with E-state index in [1.807, 2.05) is 4.90 Å². The van der Waals surface area contributed by atoms with Crippen molar-refractivity contribution in [1.82, 2.24) is 10.2 Å². The average Bonchev–Trinajstić information content (AvgIpc) is 1.14. The highest BCUT2D eigenvalue weighted by Crippen LogP contribution is 2.43. The molecule has 18 nitrogen and oxygen atoms in total. The van der Waals surface area contributed by atoms with Crippen LogP contribution in [-0.2, 0) is 61.5 Å². The van der Waals surface area contributed by atoms with Gasteiger partial charge in [-0.3, -0.25) is 33.3 Å². The fourth-order valence-corrected chi connectivity index (χ4v) is 17.7. The van der Waals surface area contributed by atoms with Crippen LogP contribution in [0.25, 0.3) is 0 Å². The number of amides is 2.